The number of nitrogens with zero attached hydrogens (tertiary/aromatic N) is 1. The summed E-state index contributed by atoms with van der Waals surface area (Å²) in [7, 11) is 2.21. The molecule has 0 radical (unpaired) electrons. The summed E-state index contributed by atoms with van der Waals surface area (Å²) in [5.74, 6) is 0. The van der Waals surface area contributed by atoms with Crippen molar-refractivity contribution in [1.29, 1.82) is 0 Å². The first kappa shape index (κ1) is 12.4. The topological polar surface area (TPSA) is 3.24 Å². The maximum Gasteiger partial charge on any atom is 0.0249 e. The molecule has 0 aliphatic rings. The largest absolute Gasteiger partial charge is 0.298 e. The quantitative estimate of drug-likeness (QED) is 0.662. The second-order valence-corrected chi connectivity index (χ2v) is 4.76. The monoisotopic (exact) mass is 235 g/mol. The van der Waals surface area contributed by atoms with Crippen LogP contribution in [0, 0.1) is 0 Å². The van der Waals surface area contributed by atoms with E-state index in [0.29, 0.717) is 6.04 Å². The molecule has 2 heteroatoms. The van der Waals surface area contributed by atoms with E-state index in [1.807, 2.05) is 0 Å². The van der Waals surface area contributed by atoms with Gasteiger partial charge in [0.1, 0.15) is 0 Å². The van der Waals surface area contributed by atoms with Crippen molar-refractivity contribution in [2.45, 2.75) is 52.1 Å². The molecule has 0 heterocycles. The van der Waals surface area contributed by atoms with Crippen molar-refractivity contribution in [3.05, 3.63) is 0 Å². The lowest BCUT2D eigenvalue weighted by molar-refractivity contribution is 0.125. The zero-order valence-corrected chi connectivity index (χ0v) is 10.6. The first-order valence-corrected chi connectivity index (χ1v) is 5.86. The van der Waals surface area contributed by atoms with E-state index in [0.717, 1.165) is 5.33 Å². The summed E-state index contributed by atoms with van der Waals surface area (Å²) in [5.41, 5.74) is 0.272. The second-order valence-electron chi connectivity index (χ2n) is 4.19. The van der Waals surface area contributed by atoms with E-state index in [1.165, 1.54) is 12.8 Å². The van der Waals surface area contributed by atoms with Crippen molar-refractivity contribution in [3.8, 4) is 0 Å². The summed E-state index contributed by atoms with van der Waals surface area (Å²) < 4.78 is 0. The SMILES string of the molecule is CCCC(C)N(C)C(C)(C)CBr. The molecule has 0 amide bonds. The summed E-state index contributed by atoms with van der Waals surface area (Å²) in [6.45, 7) is 9.08. The Morgan fingerprint density at radius 3 is 2.25 bits per heavy atom. The van der Waals surface area contributed by atoms with Crippen molar-refractivity contribution in [2.24, 2.45) is 0 Å². The molecule has 0 aliphatic carbocycles. The van der Waals surface area contributed by atoms with Gasteiger partial charge in [-0.2, -0.15) is 0 Å². The maximum absolute atomic E-state index is 3.55. The lowest BCUT2D eigenvalue weighted by atomic mass is 10.0. The van der Waals surface area contributed by atoms with Crippen molar-refractivity contribution in [3.63, 3.8) is 0 Å². The highest BCUT2D eigenvalue weighted by Crippen LogP contribution is 2.19. The highest BCUT2D eigenvalue weighted by atomic mass is 79.9. The van der Waals surface area contributed by atoms with Gasteiger partial charge in [0, 0.05) is 16.9 Å². The zero-order chi connectivity index (χ0) is 9.78. The van der Waals surface area contributed by atoms with Gasteiger partial charge in [-0.3, -0.25) is 4.90 Å². The lowest BCUT2D eigenvalue weighted by Gasteiger charge is -2.38. The van der Waals surface area contributed by atoms with Gasteiger partial charge in [-0.15, -0.1) is 0 Å². The summed E-state index contributed by atoms with van der Waals surface area (Å²) in [4.78, 5) is 2.45. The van der Waals surface area contributed by atoms with Gasteiger partial charge in [0.15, 0.2) is 0 Å². The van der Waals surface area contributed by atoms with Crippen LogP contribution in [0.3, 0.4) is 0 Å². The average molecular weight is 236 g/mol. The van der Waals surface area contributed by atoms with Crippen LogP contribution in [0.25, 0.3) is 0 Å². The third-order valence-electron chi connectivity index (χ3n) is 2.65. The predicted molar refractivity (Wildman–Crippen MR) is 60.0 cm³/mol. The van der Waals surface area contributed by atoms with Gasteiger partial charge in [-0.05, 0) is 34.2 Å². The Morgan fingerprint density at radius 1 is 1.42 bits per heavy atom. The summed E-state index contributed by atoms with van der Waals surface area (Å²) in [5, 5.41) is 1.03. The highest BCUT2D eigenvalue weighted by molar-refractivity contribution is 9.09. The molecule has 0 saturated carbocycles. The van der Waals surface area contributed by atoms with E-state index in [2.05, 4.69) is 55.6 Å². The molecule has 0 bridgehead atoms. The molecular formula is C10H22BrN. The van der Waals surface area contributed by atoms with Gasteiger partial charge in [-0.25, -0.2) is 0 Å². The molecule has 0 aromatic carbocycles. The Labute approximate surface area is 85.7 Å². The van der Waals surface area contributed by atoms with Gasteiger partial charge in [0.25, 0.3) is 0 Å². The molecule has 74 valence electrons. The number of rotatable bonds is 5. The van der Waals surface area contributed by atoms with Crippen molar-refractivity contribution >= 4 is 15.9 Å². The molecule has 0 N–H and O–H groups in total. The normalized spacial score (nSPS) is 15.2. The third kappa shape index (κ3) is 3.44. The second kappa shape index (κ2) is 5.23. The number of hydrogen-bond donors (Lipinski definition) is 0. The van der Waals surface area contributed by atoms with E-state index in [1.54, 1.807) is 0 Å². The van der Waals surface area contributed by atoms with Crippen LogP contribution >= 0.6 is 15.9 Å². The van der Waals surface area contributed by atoms with Crippen LogP contribution in [0.2, 0.25) is 0 Å². The molecule has 0 spiro atoms. The van der Waals surface area contributed by atoms with Crippen molar-refractivity contribution in [2.75, 3.05) is 12.4 Å². The molecule has 0 aromatic rings. The lowest BCUT2D eigenvalue weighted by Crippen LogP contribution is -2.47. The van der Waals surface area contributed by atoms with Crippen LogP contribution < -0.4 is 0 Å². The number of alkyl halides is 1. The molecule has 12 heavy (non-hydrogen) atoms. The molecule has 0 aromatic heterocycles. The van der Waals surface area contributed by atoms with Gasteiger partial charge in [0.05, 0.1) is 0 Å². The standard InChI is InChI=1S/C10H22BrN/c1-6-7-9(2)12(5)10(3,4)8-11/h9H,6-8H2,1-5H3. The van der Waals surface area contributed by atoms with E-state index < -0.39 is 0 Å². The smallest absolute Gasteiger partial charge is 0.0249 e. The van der Waals surface area contributed by atoms with Crippen LogP contribution in [0.1, 0.15) is 40.5 Å². The summed E-state index contributed by atoms with van der Waals surface area (Å²) in [6.07, 6.45) is 2.55. The summed E-state index contributed by atoms with van der Waals surface area (Å²) in [6, 6.07) is 0.683. The van der Waals surface area contributed by atoms with Gasteiger partial charge >= 0.3 is 0 Å². The number of hydrogen-bond acceptors (Lipinski definition) is 1. The van der Waals surface area contributed by atoms with Crippen LogP contribution in [-0.2, 0) is 0 Å². The van der Waals surface area contributed by atoms with E-state index in [4.69, 9.17) is 0 Å². The van der Waals surface area contributed by atoms with E-state index in [-0.39, 0.29) is 5.54 Å². The molecular weight excluding hydrogens is 214 g/mol. The molecule has 0 aliphatic heterocycles. The maximum atomic E-state index is 3.55. The van der Waals surface area contributed by atoms with Crippen LogP contribution in [0.15, 0.2) is 0 Å². The van der Waals surface area contributed by atoms with E-state index in [9.17, 15) is 0 Å². The Kier molecular flexibility index (Phi) is 5.42. The predicted octanol–water partition coefficient (Wildman–Crippen LogP) is 3.28. The Bertz CT molecular complexity index is 123. The van der Waals surface area contributed by atoms with Crippen LogP contribution in [0.5, 0.6) is 0 Å². The molecule has 1 unspecified atom stereocenters. The fraction of sp³-hybridized carbons (Fsp3) is 1.00. The number of halogens is 1. The zero-order valence-electron chi connectivity index (χ0n) is 9.02. The summed E-state index contributed by atoms with van der Waals surface area (Å²) >= 11 is 3.55. The highest BCUT2D eigenvalue weighted by Gasteiger charge is 2.25. The van der Waals surface area contributed by atoms with Gasteiger partial charge in [0.2, 0.25) is 0 Å². The first-order chi connectivity index (χ1) is 5.45. The molecule has 0 rings (SSSR count). The molecule has 1 atom stereocenters. The Balaban J connectivity index is 4.07. The molecule has 0 fully saturated rings. The van der Waals surface area contributed by atoms with Crippen LogP contribution in [-0.4, -0.2) is 28.9 Å². The van der Waals surface area contributed by atoms with Crippen LogP contribution in [0.4, 0.5) is 0 Å². The molecule has 0 saturated heterocycles. The van der Waals surface area contributed by atoms with E-state index >= 15 is 0 Å². The fourth-order valence-electron chi connectivity index (χ4n) is 1.30. The third-order valence-corrected chi connectivity index (χ3v) is 4.02. The first-order valence-electron chi connectivity index (χ1n) is 4.74. The minimum absolute atomic E-state index is 0.272. The Morgan fingerprint density at radius 2 is 1.92 bits per heavy atom. The van der Waals surface area contributed by atoms with Crippen molar-refractivity contribution < 1.29 is 0 Å². The minimum atomic E-state index is 0.272. The van der Waals surface area contributed by atoms with Gasteiger partial charge in [-0.1, -0.05) is 29.3 Å². The van der Waals surface area contributed by atoms with Crippen molar-refractivity contribution in [1.82, 2.24) is 4.90 Å². The fourth-order valence-corrected chi connectivity index (χ4v) is 1.70. The minimum Gasteiger partial charge on any atom is -0.298 e. The average Bonchev–Trinajstić information content (AvgIpc) is 2.03. The Hall–Kier alpha value is 0.440. The molecule has 1 nitrogen and oxygen atoms in total. The van der Waals surface area contributed by atoms with Gasteiger partial charge < -0.3 is 0 Å².